The van der Waals surface area contributed by atoms with Crippen molar-refractivity contribution in [2.45, 2.75) is 63.2 Å². The lowest BCUT2D eigenvalue weighted by molar-refractivity contribution is -0.368. The minimum absolute atomic E-state index is 0.185. The van der Waals surface area contributed by atoms with Gasteiger partial charge in [-0.1, -0.05) is 63.6 Å². The van der Waals surface area contributed by atoms with Crippen LogP contribution in [0.4, 0.5) is 0 Å². The van der Waals surface area contributed by atoms with Crippen LogP contribution in [0, 0.1) is 0 Å². The molecule has 0 bridgehead atoms. The Morgan fingerprint density at radius 3 is 1.76 bits per heavy atom. The molecule has 0 heterocycles. The fourth-order valence-electron chi connectivity index (χ4n) is 1.90. The van der Waals surface area contributed by atoms with E-state index in [0.29, 0.717) is 0 Å². The van der Waals surface area contributed by atoms with E-state index in [1.54, 1.807) is 6.07 Å². The molecular weight excluding hydrogens is 286 g/mol. The predicted octanol–water partition coefficient (Wildman–Crippen LogP) is 2.96. The van der Waals surface area contributed by atoms with Gasteiger partial charge in [0.05, 0.1) is 11.4 Å². The number of hydrogen-bond acceptors (Lipinski definition) is 3. The van der Waals surface area contributed by atoms with Crippen molar-refractivity contribution in [2.24, 2.45) is 0 Å². The van der Waals surface area contributed by atoms with Gasteiger partial charge in [0, 0.05) is 0 Å². The highest BCUT2D eigenvalue weighted by molar-refractivity contribution is 7.85. The summed E-state index contributed by atoms with van der Waals surface area (Å²) in [4.78, 5) is -0.185. The summed E-state index contributed by atoms with van der Waals surface area (Å²) in [6.07, 6.45) is 11.3. The van der Waals surface area contributed by atoms with Crippen LogP contribution in [0.5, 0.6) is 0 Å². The molecular formula is C16H29NO3S. The normalized spacial score (nSPS) is 10.8. The largest absolute Gasteiger partial charge is 0.744 e. The summed E-state index contributed by atoms with van der Waals surface area (Å²) in [5, 5.41) is 0. The Hall–Kier alpha value is -0.910. The summed E-state index contributed by atoms with van der Waals surface area (Å²) in [6, 6.07) is 7.19. The van der Waals surface area contributed by atoms with E-state index in [4.69, 9.17) is 0 Å². The van der Waals surface area contributed by atoms with E-state index >= 15 is 0 Å². The van der Waals surface area contributed by atoms with Gasteiger partial charge in [0.25, 0.3) is 0 Å². The third-order valence-electron chi connectivity index (χ3n) is 3.14. The first-order chi connectivity index (χ1) is 10.0. The summed E-state index contributed by atoms with van der Waals surface area (Å²) in [5.74, 6) is 0. The molecule has 0 spiro atoms. The second-order valence-electron chi connectivity index (χ2n) is 5.10. The van der Waals surface area contributed by atoms with Crippen molar-refractivity contribution in [2.75, 3.05) is 6.54 Å². The molecule has 1 rings (SSSR count). The Kier molecular flexibility index (Phi) is 12.2. The van der Waals surface area contributed by atoms with Crippen LogP contribution in [0.3, 0.4) is 0 Å². The molecule has 0 aromatic heterocycles. The Morgan fingerprint density at radius 1 is 0.905 bits per heavy atom. The zero-order valence-corrected chi connectivity index (χ0v) is 13.9. The topological polar surface area (TPSA) is 84.8 Å². The third-order valence-corrected chi connectivity index (χ3v) is 3.98. The minimum Gasteiger partial charge on any atom is -0.744 e. The molecule has 0 atom stereocenters. The zero-order valence-electron chi connectivity index (χ0n) is 13.1. The van der Waals surface area contributed by atoms with Gasteiger partial charge >= 0.3 is 0 Å². The number of rotatable bonds is 9. The van der Waals surface area contributed by atoms with Gasteiger partial charge in [-0.3, -0.25) is 0 Å². The van der Waals surface area contributed by atoms with Crippen LogP contribution in [0.2, 0.25) is 0 Å². The lowest BCUT2D eigenvalue weighted by Gasteiger charge is -2.04. The molecule has 0 amide bonds. The molecule has 3 N–H and O–H groups in total. The zero-order chi connectivity index (χ0) is 16.0. The number of benzene rings is 1. The van der Waals surface area contributed by atoms with Gasteiger partial charge in [0.1, 0.15) is 10.1 Å². The first-order valence-electron chi connectivity index (χ1n) is 7.82. The van der Waals surface area contributed by atoms with Crippen LogP contribution in [-0.2, 0) is 10.1 Å². The quantitative estimate of drug-likeness (QED) is 0.561. The van der Waals surface area contributed by atoms with Crippen molar-refractivity contribution in [3.05, 3.63) is 30.3 Å². The fraction of sp³-hybridized carbons (Fsp3) is 0.625. The summed E-state index contributed by atoms with van der Waals surface area (Å²) in [6.45, 7) is 3.39. The maximum atomic E-state index is 10.3. The van der Waals surface area contributed by atoms with Crippen molar-refractivity contribution in [1.29, 1.82) is 0 Å². The van der Waals surface area contributed by atoms with E-state index < -0.39 is 10.1 Å². The van der Waals surface area contributed by atoms with Gasteiger partial charge in [0.15, 0.2) is 0 Å². The second kappa shape index (κ2) is 12.8. The average molecular weight is 315 g/mol. The SMILES string of the molecule is CCCCCCCCCC[NH3+].O=S(=O)([O-])c1ccccc1. The van der Waals surface area contributed by atoms with Crippen molar-refractivity contribution in [3.63, 3.8) is 0 Å². The molecule has 1 aromatic rings. The molecule has 0 saturated carbocycles. The molecule has 0 aliphatic carbocycles. The summed E-state index contributed by atoms with van der Waals surface area (Å²) >= 11 is 0. The van der Waals surface area contributed by atoms with Crippen LogP contribution in [-0.4, -0.2) is 19.5 Å². The molecule has 0 aliphatic heterocycles. The minimum atomic E-state index is -4.25. The fourth-order valence-corrected chi connectivity index (χ4v) is 2.39. The van der Waals surface area contributed by atoms with Gasteiger partial charge < -0.3 is 10.3 Å². The summed E-state index contributed by atoms with van der Waals surface area (Å²) < 4.78 is 30.8. The second-order valence-corrected chi connectivity index (χ2v) is 6.48. The third kappa shape index (κ3) is 12.5. The van der Waals surface area contributed by atoms with Gasteiger partial charge in [0.2, 0.25) is 0 Å². The Balaban J connectivity index is 0.000000382. The van der Waals surface area contributed by atoms with Crippen LogP contribution in [0.1, 0.15) is 58.3 Å². The maximum absolute atomic E-state index is 10.3. The van der Waals surface area contributed by atoms with Crippen molar-refractivity contribution >= 4 is 10.1 Å². The van der Waals surface area contributed by atoms with Crippen LogP contribution in [0.25, 0.3) is 0 Å². The predicted molar refractivity (Wildman–Crippen MR) is 84.8 cm³/mol. The molecule has 0 unspecified atom stereocenters. The highest BCUT2D eigenvalue weighted by Crippen LogP contribution is 2.07. The van der Waals surface area contributed by atoms with E-state index in [-0.39, 0.29) is 4.90 Å². The Bertz CT molecular complexity index is 424. The number of unbranched alkanes of at least 4 members (excludes halogenated alkanes) is 7. The average Bonchev–Trinajstić information content (AvgIpc) is 2.47. The number of quaternary nitrogens is 1. The number of hydrogen-bond donors (Lipinski definition) is 1. The highest BCUT2D eigenvalue weighted by Gasteiger charge is 1.95. The summed E-state index contributed by atoms with van der Waals surface area (Å²) in [5.41, 5.74) is 3.83. The molecule has 122 valence electrons. The van der Waals surface area contributed by atoms with Gasteiger partial charge in [-0.25, -0.2) is 8.42 Å². The molecule has 5 heteroatoms. The molecule has 0 aliphatic rings. The molecule has 21 heavy (non-hydrogen) atoms. The van der Waals surface area contributed by atoms with Crippen LogP contribution < -0.4 is 5.73 Å². The van der Waals surface area contributed by atoms with E-state index in [1.165, 1.54) is 75.6 Å². The molecule has 0 radical (unpaired) electrons. The van der Waals surface area contributed by atoms with Crippen molar-refractivity contribution in [3.8, 4) is 0 Å². The first-order valence-corrected chi connectivity index (χ1v) is 9.23. The van der Waals surface area contributed by atoms with Crippen LogP contribution in [0.15, 0.2) is 35.2 Å². The molecule has 4 nitrogen and oxygen atoms in total. The van der Waals surface area contributed by atoms with Gasteiger partial charge in [-0.05, 0) is 25.0 Å². The highest BCUT2D eigenvalue weighted by atomic mass is 32.2. The van der Waals surface area contributed by atoms with E-state index in [0.717, 1.165) is 6.54 Å². The van der Waals surface area contributed by atoms with E-state index in [1.807, 2.05) is 0 Å². The first kappa shape index (κ1) is 20.1. The monoisotopic (exact) mass is 315 g/mol. The maximum Gasteiger partial charge on any atom is 0.124 e. The van der Waals surface area contributed by atoms with Crippen molar-refractivity contribution < 1.29 is 18.7 Å². The van der Waals surface area contributed by atoms with Crippen LogP contribution >= 0.6 is 0 Å². The lowest BCUT2D eigenvalue weighted by atomic mass is 10.1. The van der Waals surface area contributed by atoms with Gasteiger partial charge in [-0.15, -0.1) is 0 Å². The molecule has 0 fully saturated rings. The Morgan fingerprint density at radius 2 is 1.38 bits per heavy atom. The van der Waals surface area contributed by atoms with E-state index in [2.05, 4.69) is 12.7 Å². The lowest BCUT2D eigenvalue weighted by Crippen LogP contribution is -2.50. The van der Waals surface area contributed by atoms with Crippen molar-refractivity contribution in [1.82, 2.24) is 0 Å². The molecule has 1 aromatic carbocycles. The molecule has 0 saturated heterocycles. The Labute approximate surface area is 129 Å². The standard InChI is InChI=1S/C10H23N.C6H6O3S/c1-2-3-4-5-6-7-8-9-10-11;7-10(8,9)6-4-2-1-3-5-6/h2-11H2,1H3;1-5H,(H,7,8,9). The van der Waals surface area contributed by atoms with Gasteiger partial charge in [-0.2, -0.15) is 0 Å². The summed E-state index contributed by atoms with van der Waals surface area (Å²) in [7, 11) is -4.25. The smallest absolute Gasteiger partial charge is 0.124 e. The van der Waals surface area contributed by atoms with E-state index in [9.17, 15) is 13.0 Å².